The van der Waals surface area contributed by atoms with Crippen LogP contribution in [-0.4, -0.2) is 27.5 Å². The van der Waals surface area contributed by atoms with Crippen molar-refractivity contribution in [1.29, 1.82) is 0 Å². The van der Waals surface area contributed by atoms with Crippen LogP contribution in [0.5, 0.6) is 0 Å². The molecule has 0 bridgehead atoms. The van der Waals surface area contributed by atoms with E-state index in [4.69, 9.17) is 4.74 Å². The van der Waals surface area contributed by atoms with E-state index in [0.717, 1.165) is 15.4 Å². The zero-order valence-electron chi connectivity index (χ0n) is 13.8. The molecule has 0 radical (unpaired) electrons. The van der Waals surface area contributed by atoms with Crippen molar-refractivity contribution in [2.45, 2.75) is 40.2 Å². The zero-order chi connectivity index (χ0) is 17.9. The van der Waals surface area contributed by atoms with Crippen LogP contribution in [-0.2, 0) is 25.7 Å². The van der Waals surface area contributed by atoms with E-state index in [1.807, 2.05) is 22.9 Å². The lowest BCUT2D eigenvalue weighted by Gasteiger charge is -2.21. The molecule has 0 saturated carbocycles. The van der Waals surface area contributed by atoms with E-state index in [2.05, 4.69) is 21.0 Å². The van der Waals surface area contributed by atoms with Gasteiger partial charge in [-0.1, -0.05) is 22.0 Å². The highest BCUT2D eigenvalue weighted by molar-refractivity contribution is 9.10. The summed E-state index contributed by atoms with van der Waals surface area (Å²) in [5, 5.41) is 5.34. The Labute approximate surface area is 148 Å². The Morgan fingerprint density at radius 3 is 2.67 bits per heavy atom. The highest BCUT2D eigenvalue weighted by atomic mass is 79.9. The van der Waals surface area contributed by atoms with E-state index in [-0.39, 0.29) is 12.2 Å². The fraction of sp³-hybridized carbons (Fsp3) is 0.412. The molecule has 2 rings (SSSR count). The molecule has 0 unspecified atom stereocenters. The summed E-state index contributed by atoms with van der Waals surface area (Å²) in [6.07, 6.45) is 1.82. The summed E-state index contributed by atoms with van der Waals surface area (Å²) in [5.74, 6) is -1.78. The van der Waals surface area contributed by atoms with Crippen molar-refractivity contribution in [3.63, 3.8) is 0 Å². The van der Waals surface area contributed by atoms with E-state index in [9.17, 15) is 14.4 Å². The summed E-state index contributed by atoms with van der Waals surface area (Å²) >= 11 is 3.48. The topological polar surface area (TPSA) is 78.3 Å². The fourth-order valence-corrected chi connectivity index (χ4v) is 2.67. The molecule has 1 aromatic heterocycles. The van der Waals surface area contributed by atoms with Crippen LogP contribution in [0.3, 0.4) is 0 Å². The summed E-state index contributed by atoms with van der Waals surface area (Å²) < 4.78 is 7.54. The zero-order valence-corrected chi connectivity index (χ0v) is 15.4. The smallest absolute Gasteiger partial charge is 0.320 e. The van der Waals surface area contributed by atoms with Gasteiger partial charge in [0, 0.05) is 16.4 Å². The number of aromatic nitrogens is 2. The third kappa shape index (κ3) is 4.29. The van der Waals surface area contributed by atoms with E-state index < -0.39 is 17.4 Å². The Kier molecular flexibility index (Phi) is 5.54. The minimum atomic E-state index is -0.864. The number of carbonyl (C=O) groups is 3. The Morgan fingerprint density at radius 1 is 1.29 bits per heavy atom. The molecule has 7 heteroatoms. The van der Waals surface area contributed by atoms with Crippen LogP contribution in [0.1, 0.15) is 33.6 Å². The van der Waals surface area contributed by atoms with Crippen LogP contribution >= 0.6 is 15.9 Å². The maximum absolute atomic E-state index is 12.1. The third-order valence-electron chi connectivity index (χ3n) is 3.74. The molecular formula is C17H19BrN2O4. The molecule has 2 aromatic rings. The van der Waals surface area contributed by atoms with Crippen molar-refractivity contribution in [3.8, 4) is 0 Å². The second kappa shape index (κ2) is 7.25. The summed E-state index contributed by atoms with van der Waals surface area (Å²) in [6, 6.07) is 5.82. The Balaban J connectivity index is 2.03. The van der Waals surface area contributed by atoms with Crippen molar-refractivity contribution >= 4 is 44.6 Å². The van der Waals surface area contributed by atoms with Gasteiger partial charge in [0.15, 0.2) is 0 Å². The number of carbonyl (C=O) groups excluding carboxylic acids is 3. The van der Waals surface area contributed by atoms with Gasteiger partial charge in [-0.25, -0.2) is 0 Å². The second-order valence-corrected chi connectivity index (χ2v) is 7.17. The van der Waals surface area contributed by atoms with Gasteiger partial charge in [0.2, 0.25) is 0 Å². The van der Waals surface area contributed by atoms with Crippen LogP contribution in [0.25, 0.3) is 10.9 Å². The van der Waals surface area contributed by atoms with Crippen LogP contribution < -0.4 is 0 Å². The lowest BCUT2D eigenvalue weighted by molar-refractivity contribution is -0.166. The number of benzene rings is 1. The largest absolute Gasteiger partial charge is 0.392 e. The number of hydrogen-bond acceptors (Lipinski definition) is 5. The van der Waals surface area contributed by atoms with Gasteiger partial charge in [-0.3, -0.25) is 19.1 Å². The van der Waals surface area contributed by atoms with Gasteiger partial charge in [0.05, 0.1) is 17.1 Å². The molecule has 0 aliphatic heterocycles. The Morgan fingerprint density at radius 2 is 2.00 bits per heavy atom. The van der Waals surface area contributed by atoms with Gasteiger partial charge in [-0.2, -0.15) is 5.10 Å². The highest BCUT2D eigenvalue weighted by Gasteiger charge is 2.31. The minimum Gasteiger partial charge on any atom is -0.392 e. The first-order valence-electron chi connectivity index (χ1n) is 7.55. The lowest BCUT2D eigenvalue weighted by Crippen LogP contribution is -2.30. The Hall–Kier alpha value is -2.02. The first kappa shape index (κ1) is 18.3. The number of nitrogens with zero attached hydrogens (tertiary/aromatic N) is 2. The van der Waals surface area contributed by atoms with Gasteiger partial charge in [0.25, 0.3) is 0 Å². The number of rotatable bonds is 6. The molecule has 0 saturated heterocycles. The normalized spacial score (nSPS) is 11.5. The van der Waals surface area contributed by atoms with Gasteiger partial charge >= 0.3 is 11.9 Å². The molecule has 128 valence electrons. The molecule has 24 heavy (non-hydrogen) atoms. The van der Waals surface area contributed by atoms with E-state index in [1.54, 1.807) is 20.0 Å². The number of esters is 2. The van der Waals surface area contributed by atoms with Gasteiger partial charge < -0.3 is 4.74 Å². The summed E-state index contributed by atoms with van der Waals surface area (Å²) in [6.45, 7) is 5.19. The van der Waals surface area contributed by atoms with E-state index in [1.165, 1.54) is 6.92 Å². The maximum Gasteiger partial charge on any atom is 0.320 e. The summed E-state index contributed by atoms with van der Waals surface area (Å²) in [7, 11) is 0. The molecular weight excluding hydrogens is 376 g/mol. The molecule has 0 amide bonds. The predicted molar refractivity (Wildman–Crippen MR) is 92.2 cm³/mol. The predicted octanol–water partition coefficient (Wildman–Crippen LogP) is 3.26. The standard InChI is InChI=1S/C17H19BrN2O4/c1-11(21)9-15(22)24-16(23)17(2,3)7-8-20-14-6-4-5-13(18)12(14)10-19-20/h4-6,10H,7-9H2,1-3H3. The molecule has 0 fully saturated rings. The number of fused-ring (bicyclic) bond motifs is 1. The first-order valence-corrected chi connectivity index (χ1v) is 8.34. The molecule has 1 heterocycles. The SMILES string of the molecule is CC(=O)CC(=O)OC(=O)C(C)(C)CCn1ncc2c(Br)cccc21. The molecule has 0 aliphatic carbocycles. The van der Waals surface area contributed by atoms with E-state index in [0.29, 0.717) is 13.0 Å². The van der Waals surface area contributed by atoms with Crippen LogP contribution in [0.15, 0.2) is 28.9 Å². The number of aryl methyl sites for hydroxylation is 1. The minimum absolute atomic E-state index is 0.334. The molecule has 0 aliphatic rings. The van der Waals surface area contributed by atoms with E-state index >= 15 is 0 Å². The lowest BCUT2D eigenvalue weighted by atomic mass is 9.89. The van der Waals surface area contributed by atoms with Crippen LogP contribution in [0.4, 0.5) is 0 Å². The van der Waals surface area contributed by atoms with Crippen LogP contribution in [0, 0.1) is 5.41 Å². The number of ketones is 1. The molecule has 0 N–H and O–H groups in total. The molecule has 0 spiro atoms. The second-order valence-electron chi connectivity index (χ2n) is 6.31. The highest BCUT2D eigenvalue weighted by Crippen LogP contribution is 2.27. The van der Waals surface area contributed by atoms with Crippen molar-refractivity contribution in [3.05, 3.63) is 28.9 Å². The molecule has 0 atom stereocenters. The van der Waals surface area contributed by atoms with Gasteiger partial charge in [-0.15, -0.1) is 0 Å². The third-order valence-corrected chi connectivity index (χ3v) is 4.43. The van der Waals surface area contributed by atoms with Crippen LogP contribution in [0.2, 0.25) is 0 Å². The monoisotopic (exact) mass is 394 g/mol. The van der Waals surface area contributed by atoms with Crippen molar-refractivity contribution in [1.82, 2.24) is 9.78 Å². The summed E-state index contributed by atoms with van der Waals surface area (Å²) in [4.78, 5) is 34.5. The van der Waals surface area contributed by atoms with Crippen molar-refractivity contribution in [2.24, 2.45) is 5.41 Å². The Bertz CT molecular complexity index is 795. The average molecular weight is 395 g/mol. The molecule has 1 aromatic carbocycles. The molecule has 6 nitrogen and oxygen atoms in total. The maximum atomic E-state index is 12.1. The number of halogens is 1. The average Bonchev–Trinajstić information content (AvgIpc) is 2.89. The summed E-state index contributed by atoms with van der Waals surface area (Å²) in [5.41, 5.74) is 0.0951. The first-order chi connectivity index (χ1) is 11.2. The quantitative estimate of drug-likeness (QED) is 0.554. The number of Topliss-reactive ketones (excluding diaryl/α,β-unsaturated/α-hetero) is 1. The van der Waals surface area contributed by atoms with Crippen molar-refractivity contribution < 1.29 is 19.1 Å². The number of hydrogen-bond donors (Lipinski definition) is 0. The van der Waals surface area contributed by atoms with Crippen molar-refractivity contribution in [2.75, 3.05) is 0 Å². The van der Waals surface area contributed by atoms with Gasteiger partial charge in [-0.05, 0) is 39.3 Å². The fourth-order valence-electron chi connectivity index (χ4n) is 2.21. The number of ether oxygens (including phenoxy) is 1. The van der Waals surface area contributed by atoms with Gasteiger partial charge in [0.1, 0.15) is 12.2 Å².